The molecule has 2 N–H and O–H groups in total. The Morgan fingerprint density at radius 3 is 2.20 bits per heavy atom. The summed E-state index contributed by atoms with van der Waals surface area (Å²) in [5.74, 6) is -1.02. The van der Waals surface area contributed by atoms with Gasteiger partial charge in [0.05, 0.1) is 23.9 Å². The van der Waals surface area contributed by atoms with Crippen LogP contribution in [0.4, 0.5) is 23.2 Å². The summed E-state index contributed by atoms with van der Waals surface area (Å²) in [5.41, 5.74) is 1.61. The normalized spacial score (nSPS) is 14.8. The molecule has 1 aliphatic heterocycles. The second-order valence-corrected chi connectivity index (χ2v) is 8.21. The zero-order valence-corrected chi connectivity index (χ0v) is 20.5. The minimum Gasteiger partial charge on any atom is -0.760 e. The maximum atomic E-state index is 13.4. The highest BCUT2D eigenvalue weighted by molar-refractivity contribution is 7.76. The number of carbonyl (C=O) groups is 1. The lowest BCUT2D eigenvalue weighted by atomic mass is 9.98. The molecule has 1 amide bonds. The number of piperazine rings is 1. The smallest absolute Gasteiger partial charge is 0.417 e. The summed E-state index contributed by atoms with van der Waals surface area (Å²) >= 11 is -2.36. The molecule has 35 heavy (non-hydrogen) atoms. The van der Waals surface area contributed by atoms with Gasteiger partial charge in [0.15, 0.2) is 0 Å². The molecule has 1 saturated heterocycles. The van der Waals surface area contributed by atoms with E-state index < -0.39 is 40.3 Å². The van der Waals surface area contributed by atoms with Gasteiger partial charge in [0, 0.05) is 37.4 Å². The number of methoxy groups -OCH3 is 1. The molecule has 194 valence electrons. The van der Waals surface area contributed by atoms with Gasteiger partial charge in [-0.15, -0.1) is 0 Å². The molecular formula is C23H28F4N3O4S-. The lowest BCUT2D eigenvalue weighted by Gasteiger charge is -2.38. The van der Waals surface area contributed by atoms with E-state index in [1.165, 1.54) is 16.0 Å². The summed E-state index contributed by atoms with van der Waals surface area (Å²) in [5, 5.41) is 4.03. The van der Waals surface area contributed by atoms with Crippen LogP contribution in [0, 0.1) is 5.82 Å². The van der Waals surface area contributed by atoms with Crippen LogP contribution in [0.15, 0.2) is 30.3 Å². The lowest BCUT2D eigenvalue weighted by molar-refractivity contribution is -0.138. The van der Waals surface area contributed by atoms with E-state index in [4.69, 9.17) is 13.5 Å². The predicted molar refractivity (Wildman–Crippen MR) is 124 cm³/mol. The van der Waals surface area contributed by atoms with Crippen LogP contribution in [0.25, 0.3) is 0 Å². The Labute approximate surface area is 204 Å². The number of ether oxygens (including phenoxy) is 1. The van der Waals surface area contributed by atoms with Crippen LogP contribution in [-0.2, 0) is 30.3 Å². The number of rotatable bonds is 5. The summed E-state index contributed by atoms with van der Waals surface area (Å²) in [4.78, 5) is 16.3. The van der Waals surface area contributed by atoms with Gasteiger partial charge < -0.3 is 19.1 Å². The Hall–Kier alpha value is -2.70. The number of aryl methyl sites for hydroxylation is 1. The molecule has 3 rings (SSSR count). The van der Waals surface area contributed by atoms with Crippen molar-refractivity contribution in [2.24, 2.45) is 5.14 Å². The second kappa shape index (κ2) is 12.3. The Morgan fingerprint density at radius 2 is 1.71 bits per heavy atom. The maximum absolute atomic E-state index is 13.4. The second-order valence-electron chi connectivity index (χ2n) is 7.69. The Balaban J connectivity index is 0.00000100. The minimum atomic E-state index is -4.81. The third-order valence-corrected chi connectivity index (χ3v) is 5.70. The Morgan fingerprint density at radius 1 is 1.11 bits per heavy atom. The van der Waals surface area contributed by atoms with E-state index in [0.29, 0.717) is 19.2 Å². The van der Waals surface area contributed by atoms with Gasteiger partial charge >= 0.3 is 6.18 Å². The summed E-state index contributed by atoms with van der Waals surface area (Å²) in [6, 6.07) is 6.15. The summed E-state index contributed by atoms with van der Waals surface area (Å²) in [7, 11) is 1.61. The van der Waals surface area contributed by atoms with Gasteiger partial charge in [-0.05, 0) is 48.2 Å². The van der Waals surface area contributed by atoms with Crippen LogP contribution < -0.4 is 14.8 Å². The quantitative estimate of drug-likeness (QED) is 0.481. The zero-order chi connectivity index (χ0) is 26.3. The van der Waals surface area contributed by atoms with Crippen molar-refractivity contribution in [3.05, 3.63) is 58.4 Å². The monoisotopic (exact) mass is 518 g/mol. The fourth-order valence-corrected chi connectivity index (χ4v) is 4.13. The van der Waals surface area contributed by atoms with Crippen molar-refractivity contribution in [2.75, 3.05) is 38.2 Å². The molecule has 2 aromatic rings. The molecule has 0 spiro atoms. The number of carbonyl (C=O) groups excluding carboxylic acids is 1. The third-order valence-electron chi connectivity index (χ3n) is 5.70. The largest absolute Gasteiger partial charge is 0.760 e. The van der Waals surface area contributed by atoms with E-state index in [1.54, 1.807) is 7.11 Å². The van der Waals surface area contributed by atoms with Gasteiger partial charge in [-0.3, -0.25) is 14.1 Å². The fraction of sp³-hybridized carbons (Fsp3) is 0.435. The molecule has 1 fully saturated rings. The van der Waals surface area contributed by atoms with Crippen molar-refractivity contribution in [3.8, 4) is 5.75 Å². The van der Waals surface area contributed by atoms with E-state index in [-0.39, 0.29) is 13.1 Å². The Bertz CT molecular complexity index is 1050. The number of hydrogen-bond acceptors (Lipinski definition) is 5. The number of amides is 1. The molecule has 1 heterocycles. The molecule has 0 bridgehead atoms. The van der Waals surface area contributed by atoms with Crippen molar-refractivity contribution in [1.29, 1.82) is 0 Å². The van der Waals surface area contributed by atoms with Gasteiger partial charge in [0.2, 0.25) is 0 Å². The molecule has 0 radical (unpaired) electrons. The number of nitrogens with two attached hydrogens (primary N) is 1. The molecule has 1 unspecified atom stereocenters. The first-order chi connectivity index (χ1) is 16.4. The highest BCUT2D eigenvalue weighted by Crippen LogP contribution is 2.37. The number of halogens is 4. The zero-order valence-electron chi connectivity index (χ0n) is 19.7. The highest BCUT2D eigenvalue weighted by Gasteiger charge is 2.37. The number of nitrogens with zero attached hydrogens (tertiary/aromatic N) is 2. The summed E-state index contributed by atoms with van der Waals surface area (Å²) in [6.45, 7) is 5.61. The van der Waals surface area contributed by atoms with Crippen LogP contribution in [0.1, 0.15) is 40.9 Å². The first-order valence-electron chi connectivity index (χ1n) is 10.9. The number of anilines is 1. The van der Waals surface area contributed by atoms with Gasteiger partial charge in [-0.1, -0.05) is 19.9 Å². The van der Waals surface area contributed by atoms with Crippen molar-refractivity contribution in [3.63, 3.8) is 0 Å². The molecule has 12 heteroatoms. The van der Waals surface area contributed by atoms with E-state index >= 15 is 0 Å². The highest BCUT2D eigenvalue weighted by atomic mass is 32.2. The first-order valence-corrected chi connectivity index (χ1v) is 12.0. The average molecular weight is 519 g/mol. The van der Waals surface area contributed by atoms with Crippen LogP contribution >= 0.6 is 0 Å². The lowest BCUT2D eigenvalue weighted by Crippen LogP contribution is -2.49. The van der Waals surface area contributed by atoms with E-state index in [0.717, 1.165) is 36.4 Å². The van der Waals surface area contributed by atoms with Gasteiger partial charge in [-0.25, -0.2) is 4.39 Å². The minimum absolute atomic E-state index is 0.260. The number of alkyl halides is 3. The molecule has 2 aromatic carbocycles. The van der Waals surface area contributed by atoms with Gasteiger partial charge in [0.25, 0.3) is 5.91 Å². The van der Waals surface area contributed by atoms with E-state index in [1.807, 2.05) is 12.1 Å². The van der Waals surface area contributed by atoms with Crippen LogP contribution in [0.2, 0.25) is 0 Å². The molecule has 0 saturated carbocycles. The number of hydrogen-bond donors (Lipinski definition) is 1. The van der Waals surface area contributed by atoms with Crippen molar-refractivity contribution >= 4 is 22.9 Å². The summed E-state index contributed by atoms with van der Waals surface area (Å²) < 4.78 is 76.5. The van der Waals surface area contributed by atoms with Crippen LogP contribution in [-0.4, -0.2) is 52.9 Å². The maximum Gasteiger partial charge on any atom is 0.417 e. The van der Waals surface area contributed by atoms with Gasteiger partial charge in [-0.2, -0.15) is 13.2 Å². The molecule has 0 aliphatic carbocycles. The fourth-order valence-electron chi connectivity index (χ4n) is 4.13. The molecular weight excluding hydrogens is 490 g/mol. The molecule has 7 nitrogen and oxygen atoms in total. The van der Waals surface area contributed by atoms with Crippen molar-refractivity contribution < 1.29 is 35.9 Å². The third kappa shape index (κ3) is 7.15. The Kier molecular flexibility index (Phi) is 10.0. The molecule has 1 atom stereocenters. The summed E-state index contributed by atoms with van der Waals surface area (Å²) in [6.07, 6.45) is -3.11. The topological polar surface area (TPSA) is 98.9 Å². The number of benzene rings is 2. The standard InChI is InChI=1S/C23H26F4N2O2.H3NO2S/c1-4-15-6-9-20(31-3)21(17(15)5-2)28-10-12-29(13-11-28)22(30)18-8-7-16(24)14-19(18)23(25,26)27;1-4(2)3/h6-9,14H,4-5,10-13H2,1-3H3;1H2,(H,2,3)/p-1. The van der Waals surface area contributed by atoms with E-state index in [9.17, 15) is 22.4 Å². The van der Waals surface area contributed by atoms with E-state index in [2.05, 4.69) is 23.9 Å². The molecule has 1 aliphatic rings. The average Bonchev–Trinajstić information content (AvgIpc) is 2.81. The predicted octanol–water partition coefficient (Wildman–Crippen LogP) is 3.68. The van der Waals surface area contributed by atoms with Crippen LogP contribution in [0.3, 0.4) is 0 Å². The van der Waals surface area contributed by atoms with Crippen LogP contribution in [0.5, 0.6) is 5.75 Å². The van der Waals surface area contributed by atoms with Crippen molar-refractivity contribution in [1.82, 2.24) is 4.90 Å². The van der Waals surface area contributed by atoms with Gasteiger partial charge in [0.1, 0.15) is 11.6 Å². The molecule has 0 aromatic heterocycles. The SMILES string of the molecule is CCc1ccc(OC)c(N2CCN(C(=O)c3ccc(F)cc3C(F)(F)F)CC2)c1CC.NS(=O)[O-]. The van der Waals surface area contributed by atoms with Crippen molar-refractivity contribution in [2.45, 2.75) is 32.9 Å². The first kappa shape index (κ1) is 28.5.